The summed E-state index contributed by atoms with van der Waals surface area (Å²) in [5, 5.41) is 3.47. The number of benzene rings is 2. The van der Waals surface area contributed by atoms with E-state index in [0.29, 0.717) is 0 Å². The lowest BCUT2D eigenvalue weighted by molar-refractivity contribution is -0.146. The summed E-state index contributed by atoms with van der Waals surface area (Å²) in [5.74, 6) is 0.802. The van der Waals surface area contributed by atoms with Crippen LogP contribution in [0.4, 0.5) is 5.69 Å². The van der Waals surface area contributed by atoms with Crippen molar-refractivity contribution in [3.05, 3.63) is 65.2 Å². The first-order valence-electron chi connectivity index (χ1n) is 11.1. The molecular formula is C25H32N4O2. The van der Waals surface area contributed by atoms with Gasteiger partial charge >= 0.3 is 5.97 Å². The summed E-state index contributed by atoms with van der Waals surface area (Å²) in [6.07, 6.45) is 2.75. The highest BCUT2D eigenvalue weighted by Gasteiger charge is 2.27. The Balaban J connectivity index is 1.28. The smallest absolute Gasteiger partial charge is 0.308 e. The lowest BCUT2D eigenvalue weighted by atomic mass is 9.97. The fourth-order valence-corrected chi connectivity index (χ4v) is 4.56. The van der Waals surface area contributed by atoms with Crippen molar-refractivity contribution in [3.8, 4) is 0 Å². The van der Waals surface area contributed by atoms with E-state index in [1.54, 1.807) is 0 Å². The second-order valence-electron chi connectivity index (χ2n) is 8.30. The van der Waals surface area contributed by atoms with Crippen LogP contribution < -0.4 is 10.2 Å². The van der Waals surface area contributed by atoms with E-state index < -0.39 is 0 Å². The van der Waals surface area contributed by atoms with Crippen LogP contribution in [0.15, 0.2) is 53.5 Å². The number of nitrogens with zero attached hydrogens (tertiary/aromatic N) is 3. The van der Waals surface area contributed by atoms with Crippen LogP contribution in [0.2, 0.25) is 0 Å². The Bertz CT molecular complexity index is 917. The first kappa shape index (κ1) is 21.2. The molecule has 0 spiro atoms. The number of guanidine groups is 1. The SMILES string of the molecule is CN=C(NCc1ccc(CN2CCc3ccccc32)cc1)N1CCC(C(=O)OC)CC1. The Labute approximate surface area is 184 Å². The number of fused-ring (bicyclic) bond motifs is 1. The van der Waals surface area contributed by atoms with Crippen LogP contribution in [0.5, 0.6) is 0 Å². The number of hydrogen-bond acceptors (Lipinski definition) is 4. The molecule has 31 heavy (non-hydrogen) atoms. The van der Waals surface area contributed by atoms with Gasteiger partial charge in [0.15, 0.2) is 5.96 Å². The van der Waals surface area contributed by atoms with Crippen LogP contribution in [0, 0.1) is 5.92 Å². The van der Waals surface area contributed by atoms with Gasteiger partial charge in [-0.25, -0.2) is 0 Å². The number of hydrogen-bond donors (Lipinski definition) is 1. The molecule has 0 radical (unpaired) electrons. The molecule has 6 heteroatoms. The zero-order valence-electron chi connectivity index (χ0n) is 18.5. The number of nitrogens with one attached hydrogen (secondary N) is 1. The molecule has 0 bridgehead atoms. The standard InChI is InChI=1S/C25H32N4O2/c1-26-25(28-14-12-22(13-15-28)24(30)31-2)27-17-19-7-9-20(10-8-19)18-29-16-11-21-5-3-4-6-23(21)29/h3-10,22H,11-18H2,1-2H3,(H,26,27). The van der Waals surface area contributed by atoms with E-state index in [4.69, 9.17) is 4.74 Å². The predicted molar refractivity (Wildman–Crippen MR) is 124 cm³/mol. The van der Waals surface area contributed by atoms with Crippen molar-refractivity contribution in [1.29, 1.82) is 0 Å². The van der Waals surface area contributed by atoms with Crippen LogP contribution in [0.1, 0.15) is 29.5 Å². The molecule has 2 aromatic rings. The summed E-state index contributed by atoms with van der Waals surface area (Å²) >= 11 is 0. The van der Waals surface area contributed by atoms with Gasteiger partial charge in [0.1, 0.15) is 0 Å². The largest absolute Gasteiger partial charge is 0.469 e. The van der Waals surface area contributed by atoms with Crippen molar-refractivity contribution in [2.45, 2.75) is 32.4 Å². The van der Waals surface area contributed by atoms with E-state index in [1.807, 2.05) is 7.05 Å². The number of esters is 1. The van der Waals surface area contributed by atoms with Gasteiger partial charge < -0.3 is 19.9 Å². The minimum atomic E-state index is -0.0971. The molecule has 0 aromatic heterocycles. The number of likely N-dealkylation sites (tertiary alicyclic amines) is 1. The van der Waals surface area contributed by atoms with Crippen LogP contribution in [-0.2, 0) is 29.0 Å². The Kier molecular flexibility index (Phi) is 6.75. The number of carbonyl (C=O) groups is 1. The molecule has 2 aromatic carbocycles. The van der Waals surface area contributed by atoms with Gasteiger partial charge in [0.2, 0.25) is 0 Å². The van der Waals surface area contributed by atoms with Crippen LogP contribution in [0.25, 0.3) is 0 Å². The maximum Gasteiger partial charge on any atom is 0.308 e. The molecule has 1 saturated heterocycles. The van der Waals surface area contributed by atoms with Crippen molar-refractivity contribution < 1.29 is 9.53 Å². The first-order chi connectivity index (χ1) is 15.2. The maximum atomic E-state index is 11.7. The second-order valence-corrected chi connectivity index (χ2v) is 8.30. The molecule has 2 aliphatic rings. The van der Waals surface area contributed by atoms with Crippen molar-refractivity contribution in [2.75, 3.05) is 38.7 Å². The number of aliphatic imine (C=N–C) groups is 1. The quantitative estimate of drug-likeness (QED) is 0.457. The van der Waals surface area contributed by atoms with Crippen molar-refractivity contribution in [2.24, 2.45) is 10.9 Å². The number of para-hydroxylation sites is 1. The van der Waals surface area contributed by atoms with Gasteiger partial charge in [-0.05, 0) is 42.0 Å². The van der Waals surface area contributed by atoms with Crippen molar-refractivity contribution in [1.82, 2.24) is 10.2 Å². The van der Waals surface area contributed by atoms with E-state index in [1.165, 1.54) is 29.5 Å². The third kappa shape index (κ3) is 5.01. The van der Waals surface area contributed by atoms with Crippen molar-refractivity contribution in [3.63, 3.8) is 0 Å². The van der Waals surface area contributed by atoms with E-state index in [2.05, 4.69) is 68.6 Å². The Morgan fingerprint density at radius 2 is 1.77 bits per heavy atom. The predicted octanol–water partition coefficient (Wildman–Crippen LogP) is 3.21. The van der Waals surface area contributed by atoms with Crippen LogP contribution in [0.3, 0.4) is 0 Å². The number of methoxy groups -OCH3 is 1. The number of carbonyl (C=O) groups excluding carboxylic acids is 1. The fraction of sp³-hybridized carbons (Fsp3) is 0.440. The molecular weight excluding hydrogens is 388 g/mol. The molecule has 0 unspecified atom stereocenters. The normalized spacial score (nSPS) is 16.9. The number of rotatable bonds is 5. The Morgan fingerprint density at radius 3 is 2.48 bits per heavy atom. The summed E-state index contributed by atoms with van der Waals surface area (Å²) in [7, 11) is 3.27. The molecule has 1 N–H and O–H groups in total. The zero-order valence-corrected chi connectivity index (χ0v) is 18.5. The summed E-state index contributed by atoms with van der Waals surface area (Å²) < 4.78 is 4.88. The molecule has 0 amide bonds. The summed E-state index contributed by atoms with van der Waals surface area (Å²) in [4.78, 5) is 20.8. The Morgan fingerprint density at radius 1 is 1.06 bits per heavy atom. The molecule has 2 aliphatic heterocycles. The number of piperidine rings is 1. The first-order valence-corrected chi connectivity index (χ1v) is 11.1. The monoisotopic (exact) mass is 420 g/mol. The zero-order chi connectivity index (χ0) is 21.6. The topological polar surface area (TPSA) is 57.2 Å². The van der Waals surface area contributed by atoms with Gasteiger partial charge in [0.05, 0.1) is 13.0 Å². The maximum absolute atomic E-state index is 11.7. The minimum absolute atomic E-state index is 0.00877. The van der Waals surface area contributed by atoms with Gasteiger partial charge in [0, 0.05) is 45.5 Å². The van der Waals surface area contributed by atoms with Crippen LogP contribution >= 0.6 is 0 Å². The summed E-state index contributed by atoms with van der Waals surface area (Å²) in [5.41, 5.74) is 5.38. The molecule has 0 atom stereocenters. The molecule has 4 rings (SSSR count). The average molecular weight is 421 g/mol. The molecule has 164 valence electrons. The van der Waals surface area contributed by atoms with E-state index in [0.717, 1.165) is 57.9 Å². The van der Waals surface area contributed by atoms with E-state index in [9.17, 15) is 4.79 Å². The van der Waals surface area contributed by atoms with Crippen molar-refractivity contribution >= 4 is 17.6 Å². The summed E-state index contributed by atoms with van der Waals surface area (Å²) in [6, 6.07) is 17.5. The lowest BCUT2D eigenvalue weighted by Crippen LogP contribution is -2.46. The molecule has 0 saturated carbocycles. The highest BCUT2D eigenvalue weighted by atomic mass is 16.5. The fourth-order valence-electron chi connectivity index (χ4n) is 4.56. The molecule has 6 nitrogen and oxygen atoms in total. The van der Waals surface area contributed by atoms with Gasteiger partial charge in [-0.2, -0.15) is 0 Å². The number of ether oxygens (including phenoxy) is 1. The minimum Gasteiger partial charge on any atom is -0.469 e. The lowest BCUT2D eigenvalue weighted by Gasteiger charge is -2.33. The van der Waals surface area contributed by atoms with Gasteiger partial charge in [-0.15, -0.1) is 0 Å². The number of anilines is 1. The molecule has 0 aliphatic carbocycles. The highest BCUT2D eigenvalue weighted by molar-refractivity contribution is 5.80. The van der Waals surface area contributed by atoms with E-state index in [-0.39, 0.29) is 11.9 Å². The second kappa shape index (κ2) is 9.86. The van der Waals surface area contributed by atoms with Gasteiger partial charge in [-0.1, -0.05) is 42.5 Å². The van der Waals surface area contributed by atoms with Gasteiger partial charge in [0.25, 0.3) is 0 Å². The van der Waals surface area contributed by atoms with Gasteiger partial charge in [-0.3, -0.25) is 9.79 Å². The average Bonchev–Trinajstić information content (AvgIpc) is 3.23. The van der Waals surface area contributed by atoms with Crippen LogP contribution in [-0.4, -0.2) is 50.6 Å². The molecule has 1 fully saturated rings. The van der Waals surface area contributed by atoms with E-state index >= 15 is 0 Å². The third-order valence-corrected chi connectivity index (χ3v) is 6.37. The summed E-state index contributed by atoms with van der Waals surface area (Å²) in [6.45, 7) is 4.40. The third-order valence-electron chi connectivity index (χ3n) is 6.37. The highest BCUT2D eigenvalue weighted by Crippen LogP contribution is 2.28. The Hall–Kier alpha value is -3.02. The molecule has 2 heterocycles.